The SMILES string of the molecule is CCCCSc1nn(C)c2nc3c(c(=O)n12)C(C)(CC)Cc1ccccc1-3. The van der Waals surface area contributed by atoms with Gasteiger partial charge >= 0.3 is 0 Å². The summed E-state index contributed by atoms with van der Waals surface area (Å²) in [6, 6.07) is 8.33. The minimum absolute atomic E-state index is 0.0425. The molecule has 6 heteroatoms. The molecule has 0 saturated heterocycles. The zero-order valence-corrected chi connectivity index (χ0v) is 17.3. The Morgan fingerprint density at radius 3 is 2.78 bits per heavy atom. The number of hydrogen-bond donors (Lipinski definition) is 0. The van der Waals surface area contributed by atoms with Gasteiger partial charge in [-0.1, -0.05) is 63.2 Å². The van der Waals surface area contributed by atoms with Crippen LogP contribution in [0.3, 0.4) is 0 Å². The van der Waals surface area contributed by atoms with Crippen molar-refractivity contribution in [2.75, 3.05) is 5.75 Å². The fraction of sp³-hybridized carbons (Fsp3) is 0.476. The van der Waals surface area contributed by atoms with E-state index in [4.69, 9.17) is 4.98 Å². The molecule has 5 nitrogen and oxygen atoms in total. The second-order valence-electron chi connectivity index (χ2n) is 7.63. The van der Waals surface area contributed by atoms with Crippen LogP contribution in [0.1, 0.15) is 51.2 Å². The number of aromatic nitrogens is 4. The normalized spacial score (nSPS) is 18.5. The topological polar surface area (TPSA) is 52.2 Å². The Morgan fingerprint density at radius 1 is 1.26 bits per heavy atom. The molecule has 0 saturated carbocycles. The molecule has 0 fully saturated rings. The van der Waals surface area contributed by atoms with Crippen molar-refractivity contribution in [2.45, 2.75) is 57.0 Å². The van der Waals surface area contributed by atoms with Crippen molar-refractivity contribution in [3.63, 3.8) is 0 Å². The number of benzene rings is 1. The van der Waals surface area contributed by atoms with E-state index in [0.29, 0.717) is 5.78 Å². The molecule has 0 N–H and O–H groups in total. The van der Waals surface area contributed by atoms with Crippen LogP contribution in [0.25, 0.3) is 17.0 Å². The first-order chi connectivity index (χ1) is 13.0. The fourth-order valence-corrected chi connectivity index (χ4v) is 5.06. The van der Waals surface area contributed by atoms with E-state index in [-0.39, 0.29) is 11.0 Å². The molecule has 0 amide bonds. The Bertz CT molecular complexity index is 1070. The summed E-state index contributed by atoms with van der Waals surface area (Å²) in [6.07, 6.45) is 4.00. The van der Waals surface area contributed by atoms with Crippen LogP contribution in [0.2, 0.25) is 0 Å². The van der Waals surface area contributed by atoms with E-state index in [1.165, 1.54) is 5.56 Å². The average Bonchev–Trinajstić information content (AvgIpc) is 2.98. The monoisotopic (exact) mass is 382 g/mol. The van der Waals surface area contributed by atoms with Crippen LogP contribution in [-0.2, 0) is 18.9 Å². The molecule has 3 aromatic rings. The quantitative estimate of drug-likeness (QED) is 0.490. The lowest BCUT2D eigenvalue weighted by Gasteiger charge is -2.34. The summed E-state index contributed by atoms with van der Waals surface area (Å²) in [6.45, 7) is 6.52. The van der Waals surface area contributed by atoms with Crippen molar-refractivity contribution in [1.82, 2.24) is 19.2 Å². The third-order valence-corrected chi connectivity index (χ3v) is 6.76. The number of unbranched alkanes of at least 4 members (excludes halogenated alkanes) is 1. The number of thioether (sulfide) groups is 1. The van der Waals surface area contributed by atoms with Gasteiger partial charge < -0.3 is 0 Å². The first-order valence-corrected chi connectivity index (χ1v) is 10.7. The molecular formula is C21H26N4OS. The van der Waals surface area contributed by atoms with E-state index < -0.39 is 0 Å². The number of hydrogen-bond acceptors (Lipinski definition) is 4. The maximum Gasteiger partial charge on any atom is 0.265 e. The fourth-order valence-electron chi connectivity index (χ4n) is 3.97. The zero-order valence-electron chi connectivity index (χ0n) is 16.5. The van der Waals surface area contributed by atoms with Gasteiger partial charge in [-0.05, 0) is 24.8 Å². The Hall–Kier alpha value is -2.08. The summed E-state index contributed by atoms with van der Waals surface area (Å²) in [7, 11) is 1.87. The van der Waals surface area contributed by atoms with Crippen molar-refractivity contribution < 1.29 is 0 Å². The van der Waals surface area contributed by atoms with Crippen molar-refractivity contribution in [1.29, 1.82) is 0 Å². The lowest BCUT2D eigenvalue weighted by molar-refractivity contribution is 0.439. The van der Waals surface area contributed by atoms with Crippen LogP contribution < -0.4 is 5.56 Å². The summed E-state index contributed by atoms with van der Waals surface area (Å²) < 4.78 is 3.46. The van der Waals surface area contributed by atoms with Gasteiger partial charge in [0.1, 0.15) is 0 Å². The van der Waals surface area contributed by atoms with Crippen molar-refractivity contribution in [3.05, 3.63) is 45.7 Å². The lowest BCUT2D eigenvalue weighted by atomic mass is 9.69. The van der Waals surface area contributed by atoms with Gasteiger partial charge in [0, 0.05) is 23.8 Å². The molecule has 0 bridgehead atoms. The van der Waals surface area contributed by atoms with Crippen molar-refractivity contribution in [2.24, 2.45) is 7.05 Å². The third-order valence-electron chi connectivity index (χ3n) is 5.75. The standard InChI is InChI=1S/C21H26N4OS/c1-5-7-12-27-20-23-24(4)19-22-17-15-11-9-8-10-14(15)13-21(3,6-2)16(17)18(26)25(19)20/h8-11H,5-7,12-13H2,1-4H3. The molecule has 142 valence electrons. The van der Waals surface area contributed by atoms with E-state index in [1.54, 1.807) is 20.8 Å². The van der Waals surface area contributed by atoms with Gasteiger partial charge in [-0.2, -0.15) is 0 Å². The number of fused-ring (bicyclic) bond motifs is 4. The molecular weight excluding hydrogens is 356 g/mol. The summed E-state index contributed by atoms with van der Waals surface area (Å²) in [5.74, 6) is 1.58. The highest BCUT2D eigenvalue weighted by atomic mass is 32.2. The molecule has 1 aliphatic rings. The highest BCUT2D eigenvalue weighted by molar-refractivity contribution is 7.99. The maximum absolute atomic E-state index is 13.7. The summed E-state index contributed by atoms with van der Waals surface area (Å²) >= 11 is 1.64. The van der Waals surface area contributed by atoms with Gasteiger partial charge in [0.15, 0.2) is 5.16 Å². The lowest BCUT2D eigenvalue weighted by Crippen LogP contribution is -2.37. The van der Waals surface area contributed by atoms with E-state index >= 15 is 0 Å². The molecule has 0 aliphatic heterocycles. The van der Waals surface area contributed by atoms with Crippen molar-refractivity contribution in [3.8, 4) is 11.3 Å². The van der Waals surface area contributed by atoms with E-state index in [2.05, 4.69) is 44.1 Å². The summed E-state index contributed by atoms with van der Waals surface area (Å²) in [5.41, 5.74) is 3.85. The minimum atomic E-state index is -0.212. The Labute approximate surface area is 163 Å². The molecule has 2 aromatic heterocycles. The molecule has 4 rings (SSSR count). The Balaban J connectivity index is 2.01. The highest BCUT2D eigenvalue weighted by Crippen LogP contribution is 2.42. The number of nitrogens with zero attached hydrogens (tertiary/aromatic N) is 4. The summed E-state index contributed by atoms with van der Waals surface area (Å²) in [5, 5.41) is 5.35. The van der Waals surface area contributed by atoms with Crippen LogP contribution in [0, 0.1) is 0 Å². The Morgan fingerprint density at radius 2 is 2.04 bits per heavy atom. The van der Waals surface area contributed by atoms with E-state index in [9.17, 15) is 4.79 Å². The largest absolute Gasteiger partial charge is 0.268 e. The van der Waals surface area contributed by atoms with Crippen LogP contribution in [-0.4, -0.2) is 24.9 Å². The second-order valence-corrected chi connectivity index (χ2v) is 8.69. The smallest absolute Gasteiger partial charge is 0.265 e. The predicted octanol–water partition coefficient (Wildman–Crippen LogP) is 4.21. The van der Waals surface area contributed by atoms with Gasteiger partial charge in [-0.3, -0.25) is 4.79 Å². The van der Waals surface area contributed by atoms with Gasteiger partial charge in [-0.25, -0.2) is 14.1 Å². The van der Waals surface area contributed by atoms with E-state index in [1.807, 2.05) is 13.1 Å². The van der Waals surface area contributed by atoms with Crippen LogP contribution in [0.4, 0.5) is 0 Å². The predicted molar refractivity (Wildman–Crippen MR) is 111 cm³/mol. The number of rotatable bonds is 5. The molecule has 0 spiro atoms. The molecule has 1 atom stereocenters. The van der Waals surface area contributed by atoms with Crippen LogP contribution in [0.5, 0.6) is 0 Å². The third kappa shape index (κ3) is 2.81. The van der Waals surface area contributed by atoms with Gasteiger partial charge in [0.25, 0.3) is 5.56 Å². The van der Waals surface area contributed by atoms with Gasteiger partial charge in [-0.15, -0.1) is 5.10 Å². The minimum Gasteiger partial charge on any atom is -0.268 e. The maximum atomic E-state index is 13.7. The molecule has 2 heterocycles. The first-order valence-electron chi connectivity index (χ1n) is 9.71. The second kappa shape index (κ2) is 6.82. The van der Waals surface area contributed by atoms with Crippen LogP contribution >= 0.6 is 11.8 Å². The molecule has 27 heavy (non-hydrogen) atoms. The summed E-state index contributed by atoms with van der Waals surface area (Å²) in [4.78, 5) is 18.6. The molecule has 0 radical (unpaired) electrons. The first kappa shape index (κ1) is 18.3. The molecule has 1 unspecified atom stereocenters. The van der Waals surface area contributed by atoms with E-state index in [0.717, 1.165) is 53.4 Å². The number of aryl methyl sites for hydroxylation is 1. The zero-order chi connectivity index (χ0) is 19.2. The van der Waals surface area contributed by atoms with Crippen LogP contribution in [0.15, 0.2) is 34.2 Å². The molecule has 1 aromatic carbocycles. The highest BCUT2D eigenvalue weighted by Gasteiger charge is 2.38. The van der Waals surface area contributed by atoms with Crippen molar-refractivity contribution >= 4 is 17.5 Å². The Kier molecular flexibility index (Phi) is 4.62. The van der Waals surface area contributed by atoms with Gasteiger partial charge in [0.05, 0.1) is 11.3 Å². The molecule has 1 aliphatic carbocycles. The van der Waals surface area contributed by atoms with Gasteiger partial charge in [0.2, 0.25) is 5.78 Å². The average molecular weight is 383 g/mol.